The van der Waals surface area contributed by atoms with Crippen LogP contribution in [0.4, 0.5) is 0 Å². The highest BCUT2D eigenvalue weighted by Crippen LogP contribution is 2.36. The van der Waals surface area contributed by atoms with Gasteiger partial charge in [0.15, 0.2) is 0 Å². The first kappa shape index (κ1) is 10.6. The van der Waals surface area contributed by atoms with Crippen molar-refractivity contribution in [3.05, 3.63) is 0 Å². The van der Waals surface area contributed by atoms with Gasteiger partial charge in [-0.1, -0.05) is 0 Å². The lowest BCUT2D eigenvalue weighted by molar-refractivity contribution is -0.123. The first-order valence-corrected chi connectivity index (χ1v) is 6.70. The molecular weight excluding hydrogens is 200 g/mol. The lowest BCUT2D eigenvalue weighted by Gasteiger charge is -2.29. The Bertz CT molecular complexity index is 286. The standard InChI is InChI=1S/C13H22N2O/c1-13(4-5-13)15-12(16)8-9-6-10-2-3-11(7-9)14-10/h9-11,14H,2-8H2,1H3,(H,15,16). The molecule has 90 valence electrons. The molecule has 2 aliphatic heterocycles. The third-order valence-electron chi connectivity index (χ3n) is 4.49. The van der Waals surface area contributed by atoms with E-state index >= 15 is 0 Å². The van der Waals surface area contributed by atoms with E-state index in [1.54, 1.807) is 0 Å². The predicted molar refractivity (Wildman–Crippen MR) is 63.1 cm³/mol. The Hall–Kier alpha value is -0.570. The predicted octanol–water partition coefficient (Wildman–Crippen LogP) is 1.58. The molecular formula is C13H22N2O. The summed E-state index contributed by atoms with van der Waals surface area (Å²) in [5, 5.41) is 6.79. The van der Waals surface area contributed by atoms with Crippen LogP contribution in [0.25, 0.3) is 0 Å². The average Bonchev–Trinajstić information content (AvgIpc) is 2.82. The summed E-state index contributed by atoms with van der Waals surface area (Å²) in [7, 11) is 0. The van der Waals surface area contributed by atoms with Crippen molar-refractivity contribution in [2.75, 3.05) is 0 Å². The van der Waals surface area contributed by atoms with Crippen LogP contribution in [0.1, 0.15) is 51.9 Å². The van der Waals surface area contributed by atoms with Crippen LogP contribution >= 0.6 is 0 Å². The quantitative estimate of drug-likeness (QED) is 0.761. The molecule has 0 aromatic rings. The van der Waals surface area contributed by atoms with Gasteiger partial charge in [-0.25, -0.2) is 0 Å². The van der Waals surface area contributed by atoms with Gasteiger partial charge in [0.1, 0.15) is 0 Å². The van der Waals surface area contributed by atoms with Crippen molar-refractivity contribution in [3.8, 4) is 0 Å². The summed E-state index contributed by atoms with van der Waals surface area (Å²) in [6, 6.07) is 1.40. The summed E-state index contributed by atoms with van der Waals surface area (Å²) in [5.74, 6) is 0.910. The summed E-state index contributed by atoms with van der Waals surface area (Å²) in [5.41, 5.74) is 0.156. The van der Waals surface area contributed by atoms with E-state index in [-0.39, 0.29) is 11.4 Å². The molecule has 16 heavy (non-hydrogen) atoms. The second-order valence-corrected chi connectivity index (χ2v) is 6.29. The Kier molecular flexibility index (Phi) is 2.46. The number of hydrogen-bond acceptors (Lipinski definition) is 2. The van der Waals surface area contributed by atoms with Crippen molar-refractivity contribution in [1.29, 1.82) is 0 Å². The minimum Gasteiger partial charge on any atom is -0.351 e. The normalized spacial score (nSPS) is 39.4. The highest BCUT2D eigenvalue weighted by atomic mass is 16.1. The zero-order valence-electron chi connectivity index (χ0n) is 10.1. The van der Waals surface area contributed by atoms with E-state index in [0.717, 1.165) is 19.3 Å². The average molecular weight is 222 g/mol. The third kappa shape index (κ3) is 2.24. The van der Waals surface area contributed by atoms with Crippen LogP contribution in [-0.2, 0) is 4.79 Å². The van der Waals surface area contributed by atoms with Crippen molar-refractivity contribution in [2.45, 2.75) is 69.5 Å². The topological polar surface area (TPSA) is 41.1 Å². The van der Waals surface area contributed by atoms with Gasteiger partial charge in [-0.3, -0.25) is 4.79 Å². The maximum absolute atomic E-state index is 11.9. The van der Waals surface area contributed by atoms with E-state index in [1.807, 2.05) is 0 Å². The molecule has 2 saturated heterocycles. The first-order valence-electron chi connectivity index (χ1n) is 6.70. The third-order valence-corrected chi connectivity index (χ3v) is 4.49. The molecule has 3 heteroatoms. The Balaban J connectivity index is 1.49. The molecule has 1 amide bonds. The van der Waals surface area contributed by atoms with Crippen LogP contribution in [0.2, 0.25) is 0 Å². The number of amides is 1. The number of hydrogen-bond donors (Lipinski definition) is 2. The summed E-state index contributed by atoms with van der Waals surface area (Å²) in [6.45, 7) is 2.15. The molecule has 0 radical (unpaired) electrons. The van der Waals surface area contributed by atoms with Gasteiger partial charge in [-0.15, -0.1) is 0 Å². The number of carbonyl (C=O) groups is 1. The number of carbonyl (C=O) groups excluding carboxylic acids is 1. The molecule has 3 nitrogen and oxygen atoms in total. The molecule has 2 N–H and O–H groups in total. The van der Waals surface area contributed by atoms with Gasteiger partial charge in [0.2, 0.25) is 5.91 Å². The first-order chi connectivity index (χ1) is 7.63. The van der Waals surface area contributed by atoms with Crippen molar-refractivity contribution in [3.63, 3.8) is 0 Å². The van der Waals surface area contributed by atoms with Crippen molar-refractivity contribution in [2.24, 2.45) is 5.92 Å². The van der Waals surface area contributed by atoms with Crippen molar-refractivity contribution >= 4 is 5.91 Å². The molecule has 1 aliphatic carbocycles. The van der Waals surface area contributed by atoms with Gasteiger partial charge in [0.25, 0.3) is 0 Å². The SMILES string of the molecule is CC1(NC(=O)CC2CC3CCC(C2)N3)CC1. The second-order valence-electron chi connectivity index (χ2n) is 6.29. The van der Waals surface area contributed by atoms with Crippen LogP contribution in [0.5, 0.6) is 0 Å². The molecule has 2 unspecified atom stereocenters. The molecule has 0 spiro atoms. The fraction of sp³-hybridized carbons (Fsp3) is 0.923. The highest BCUT2D eigenvalue weighted by molar-refractivity contribution is 5.77. The maximum atomic E-state index is 11.9. The van der Waals surface area contributed by atoms with Gasteiger partial charge < -0.3 is 10.6 Å². The molecule has 2 atom stereocenters. The lowest BCUT2D eigenvalue weighted by Crippen LogP contribution is -2.41. The van der Waals surface area contributed by atoms with Crippen LogP contribution < -0.4 is 10.6 Å². The zero-order chi connectivity index (χ0) is 11.2. The minimum absolute atomic E-state index is 0.156. The fourth-order valence-corrected chi connectivity index (χ4v) is 3.30. The summed E-state index contributed by atoms with van der Waals surface area (Å²) >= 11 is 0. The summed E-state index contributed by atoms with van der Waals surface area (Å²) in [6.07, 6.45) is 8.14. The maximum Gasteiger partial charge on any atom is 0.220 e. The second kappa shape index (κ2) is 3.73. The molecule has 2 heterocycles. The van der Waals surface area contributed by atoms with Gasteiger partial charge >= 0.3 is 0 Å². The van der Waals surface area contributed by atoms with Crippen molar-refractivity contribution in [1.82, 2.24) is 10.6 Å². The Labute approximate surface area is 97.4 Å². The molecule has 0 aromatic carbocycles. The van der Waals surface area contributed by atoms with E-state index in [1.165, 1.54) is 25.7 Å². The minimum atomic E-state index is 0.156. The van der Waals surface area contributed by atoms with E-state index in [9.17, 15) is 4.79 Å². The van der Waals surface area contributed by atoms with Crippen LogP contribution in [-0.4, -0.2) is 23.5 Å². The van der Waals surface area contributed by atoms with Crippen LogP contribution in [0.3, 0.4) is 0 Å². The van der Waals surface area contributed by atoms with Crippen LogP contribution in [0, 0.1) is 5.92 Å². The molecule has 3 rings (SSSR count). The molecule has 2 bridgehead atoms. The van der Waals surface area contributed by atoms with Crippen LogP contribution in [0.15, 0.2) is 0 Å². The monoisotopic (exact) mass is 222 g/mol. The van der Waals surface area contributed by atoms with Gasteiger partial charge in [0.05, 0.1) is 0 Å². The van der Waals surface area contributed by atoms with E-state index < -0.39 is 0 Å². The number of nitrogens with one attached hydrogen (secondary N) is 2. The van der Waals surface area contributed by atoms with E-state index in [2.05, 4.69) is 17.6 Å². The van der Waals surface area contributed by atoms with Gasteiger partial charge in [-0.2, -0.15) is 0 Å². The summed E-state index contributed by atoms with van der Waals surface area (Å²) < 4.78 is 0. The van der Waals surface area contributed by atoms with Crippen molar-refractivity contribution < 1.29 is 4.79 Å². The highest BCUT2D eigenvalue weighted by Gasteiger charge is 2.40. The smallest absolute Gasteiger partial charge is 0.220 e. The van der Waals surface area contributed by atoms with Gasteiger partial charge in [0, 0.05) is 24.0 Å². The summed E-state index contributed by atoms with van der Waals surface area (Å²) in [4.78, 5) is 11.9. The molecule has 3 aliphatic rings. The molecule has 3 fully saturated rings. The number of piperidine rings is 1. The fourth-order valence-electron chi connectivity index (χ4n) is 3.30. The number of rotatable bonds is 3. The van der Waals surface area contributed by atoms with Gasteiger partial charge in [-0.05, 0) is 51.4 Å². The lowest BCUT2D eigenvalue weighted by atomic mass is 9.89. The van der Waals surface area contributed by atoms with E-state index in [0.29, 0.717) is 18.0 Å². The zero-order valence-corrected chi connectivity index (χ0v) is 10.1. The Morgan fingerprint density at radius 2 is 1.94 bits per heavy atom. The largest absolute Gasteiger partial charge is 0.351 e. The van der Waals surface area contributed by atoms with E-state index in [4.69, 9.17) is 0 Å². The molecule has 0 aromatic heterocycles. The molecule has 1 saturated carbocycles. The number of fused-ring (bicyclic) bond motifs is 2. The Morgan fingerprint density at radius 1 is 1.31 bits per heavy atom. The Morgan fingerprint density at radius 3 is 2.50 bits per heavy atom.